The summed E-state index contributed by atoms with van der Waals surface area (Å²) in [7, 11) is -3.81. The van der Waals surface area contributed by atoms with Crippen LogP contribution in [0.1, 0.15) is 18.9 Å². The van der Waals surface area contributed by atoms with Crippen LogP contribution in [0.4, 0.5) is 5.69 Å². The van der Waals surface area contributed by atoms with Crippen LogP contribution in [-0.2, 0) is 16.4 Å². The Morgan fingerprint density at radius 3 is 2.47 bits per heavy atom. The summed E-state index contributed by atoms with van der Waals surface area (Å²) in [5.41, 5.74) is 6.62. The third kappa shape index (κ3) is 2.84. The van der Waals surface area contributed by atoms with E-state index in [0.29, 0.717) is 17.0 Å². The van der Waals surface area contributed by atoms with E-state index in [-0.39, 0.29) is 10.6 Å². The second-order valence-corrected chi connectivity index (χ2v) is 5.24. The van der Waals surface area contributed by atoms with Gasteiger partial charge < -0.3 is 5.73 Å². The molecule has 4 N–H and O–H groups in total. The first-order valence-corrected chi connectivity index (χ1v) is 6.39. The average molecular weight is 249 g/mol. The Bertz CT molecular complexity index is 471. The lowest BCUT2D eigenvalue weighted by Crippen LogP contribution is -2.15. The molecule has 0 radical (unpaired) electrons. The van der Waals surface area contributed by atoms with Gasteiger partial charge in [0.2, 0.25) is 10.0 Å². The largest absolute Gasteiger partial charge is 0.397 e. The van der Waals surface area contributed by atoms with Crippen molar-refractivity contribution in [3.8, 4) is 0 Å². The molecular weight excluding hydrogens is 236 g/mol. The van der Waals surface area contributed by atoms with Crippen molar-refractivity contribution in [2.24, 2.45) is 5.14 Å². The smallest absolute Gasteiger partial charge is 0.240 e. The highest BCUT2D eigenvalue weighted by atomic mass is 35.5. The second-order valence-electron chi connectivity index (χ2n) is 3.27. The third-order valence-corrected chi connectivity index (χ3v) is 3.19. The van der Waals surface area contributed by atoms with E-state index in [4.69, 9.17) is 22.5 Å². The number of sulfonamides is 1. The average Bonchev–Trinajstić information content (AvgIpc) is 2.09. The van der Waals surface area contributed by atoms with Crippen molar-refractivity contribution in [2.75, 3.05) is 5.73 Å². The predicted molar refractivity (Wildman–Crippen MR) is 61.2 cm³/mol. The van der Waals surface area contributed by atoms with E-state index in [1.807, 2.05) is 6.92 Å². The maximum absolute atomic E-state index is 11.2. The first kappa shape index (κ1) is 12.3. The van der Waals surface area contributed by atoms with Crippen LogP contribution in [0.25, 0.3) is 0 Å². The van der Waals surface area contributed by atoms with Crippen LogP contribution in [-0.4, -0.2) is 8.42 Å². The fourth-order valence-electron chi connectivity index (χ4n) is 1.36. The van der Waals surface area contributed by atoms with Gasteiger partial charge in [-0.2, -0.15) is 0 Å². The molecule has 0 aliphatic rings. The van der Waals surface area contributed by atoms with Crippen molar-refractivity contribution in [1.29, 1.82) is 0 Å². The Morgan fingerprint density at radius 1 is 1.40 bits per heavy atom. The number of hydrogen-bond acceptors (Lipinski definition) is 3. The van der Waals surface area contributed by atoms with E-state index in [1.54, 1.807) is 6.07 Å². The Morgan fingerprint density at radius 2 is 2.00 bits per heavy atom. The fourth-order valence-corrected chi connectivity index (χ4v) is 2.39. The lowest BCUT2D eigenvalue weighted by molar-refractivity contribution is 0.598. The first-order chi connectivity index (χ1) is 6.86. The lowest BCUT2D eigenvalue weighted by atomic mass is 10.1. The van der Waals surface area contributed by atoms with Gasteiger partial charge in [-0.05, 0) is 24.1 Å². The molecule has 4 nitrogen and oxygen atoms in total. The molecule has 15 heavy (non-hydrogen) atoms. The second kappa shape index (κ2) is 4.38. The maximum Gasteiger partial charge on any atom is 0.240 e. The molecule has 1 aromatic carbocycles. The zero-order valence-electron chi connectivity index (χ0n) is 8.33. The molecule has 84 valence electrons. The summed E-state index contributed by atoms with van der Waals surface area (Å²) in [6.45, 7) is 1.97. The van der Waals surface area contributed by atoms with Crippen LogP contribution < -0.4 is 10.9 Å². The Balaban J connectivity index is 3.42. The Labute approximate surface area is 94.3 Å². The highest BCUT2D eigenvalue weighted by Gasteiger charge is 2.15. The van der Waals surface area contributed by atoms with Crippen molar-refractivity contribution >= 4 is 27.3 Å². The SMILES string of the molecule is CCCc1cc(Cl)cc(S(N)(=O)=O)c1N. The lowest BCUT2D eigenvalue weighted by Gasteiger charge is -2.09. The molecule has 0 saturated heterocycles. The molecule has 0 aromatic heterocycles. The van der Waals surface area contributed by atoms with Gasteiger partial charge in [0.25, 0.3) is 0 Å². The molecule has 0 atom stereocenters. The predicted octanol–water partition coefficient (Wildman–Crippen LogP) is 1.52. The third-order valence-electron chi connectivity index (χ3n) is 2.02. The van der Waals surface area contributed by atoms with E-state index in [9.17, 15) is 8.42 Å². The van der Waals surface area contributed by atoms with Gasteiger partial charge >= 0.3 is 0 Å². The molecule has 0 amide bonds. The van der Waals surface area contributed by atoms with Crippen LogP contribution in [0.3, 0.4) is 0 Å². The molecule has 0 saturated carbocycles. The number of nitrogen functional groups attached to an aromatic ring is 1. The zero-order valence-corrected chi connectivity index (χ0v) is 9.90. The molecule has 0 heterocycles. The van der Waals surface area contributed by atoms with Crippen LogP contribution in [0, 0.1) is 0 Å². The van der Waals surface area contributed by atoms with Crippen LogP contribution in [0.15, 0.2) is 17.0 Å². The number of hydrogen-bond donors (Lipinski definition) is 2. The minimum atomic E-state index is -3.81. The first-order valence-electron chi connectivity index (χ1n) is 4.47. The zero-order chi connectivity index (χ0) is 11.6. The number of nitrogens with two attached hydrogens (primary N) is 2. The Hall–Kier alpha value is -0.780. The highest BCUT2D eigenvalue weighted by molar-refractivity contribution is 7.89. The van der Waals surface area contributed by atoms with E-state index >= 15 is 0 Å². The van der Waals surface area contributed by atoms with Gasteiger partial charge in [-0.1, -0.05) is 24.9 Å². The van der Waals surface area contributed by atoms with Crippen molar-refractivity contribution in [3.63, 3.8) is 0 Å². The quantitative estimate of drug-likeness (QED) is 0.796. The minimum absolute atomic E-state index is 0.0987. The molecule has 0 unspecified atom stereocenters. The molecule has 1 aromatic rings. The number of aryl methyl sites for hydroxylation is 1. The molecular formula is C9H13ClN2O2S. The molecule has 0 spiro atoms. The van der Waals surface area contributed by atoms with Crippen molar-refractivity contribution < 1.29 is 8.42 Å². The van der Waals surface area contributed by atoms with Gasteiger partial charge in [-0.25, -0.2) is 13.6 Å². The van der Waals surface area contributed by atoms with Crippen LogP contribution in [0.5, 0.6) is 0 Å². The summed E-state index contributed by atoms with van der Waals surface area (Å²) >= 11 is 5.79. The van der Waals surface area contributed by atoms with Gasteiger partial charge in [-0.15, -0.1) is 0 Å². The molecule has 0 fully saturated rings. The summed E-state index contributed by atoms with van der Waals surface area (Å²) in [4.78, 5) is -0.0987. The molecule has 0 aliphatic carbocycles. The number of rotatable bonds is 3. The number of halogens is 1. The van der Waals surface area contributed by atoms with E-state index in [0.717, 1.165) is 6.42 Å². The summed E-state index contributed by atoms with van der Waals surface area (Å²) < 4.78 is 22.4. The molecule has 1 rings (SSSR count). The molecule has 0 aliphatic heterocycles. The maximum atomic E-state index is 11.2. The number of primary sulfonamides is 1. The van der Waals surface area contributed by atoms with Crippen molar-refractivity contribution in [3.05, 3.63) is 22.7 Å². The van der Waals surface area contributed by atoms with Gasteiger partial charge in [0, 0.05) is 5.02 Å². The van der Waals surface area contributed by atoms with E-state index < -0.39 is 10.0 Å². The fraction of sp³-hybridized carbons (Fsp3) is 0.333. The van der Waals surface area contributed by atoms with Gasteiger partial charge in [0.1, 0.15) is 4.90 Å². The summed E-state index contributed by atoms with van der Waals surface area (Å²) in [5, 5.41) is 5.36. The number of benzene rings is 1. The molecule has 0 bridgehead atoms. The normalized spacial score (nSPS) is 11.7. The Kier molecular flexibility index (Phi) is 3.59. The van der Waals surface area contributed by atoms with Crippen molar-refractivity contribution in [2.45, 2.75) is 24.7 Å². The van der Waals surface area contributed by atoms with Crippen molar-refractivity contribution in [1.82, 2.24) is 0 Å². The summed E-state index contributed by atoms with van der Waals surface area (Å²) in [5.74, 6) is 0. The standard InChI is InChI=1S/C9H13ClN2O2S/c1-2-3-6-4-7(10)5-8(9(6)11)15(12,13)14/h4-5H,2-3,11H2,1H3,(H2,12,13,14). The number of anilines is 1. The topological polar surface area (TPSA) is 86.2 Å². The summed E-state index contributed by atoms with van der Waals surface area (Å²) in [6, 6.07) is 2.93. The van der Waals surface area contributed by atoms with Crippen LogP contribution in [0.2, 0.25) is 5.02 Å². The summed E-state index contributed by atoms with van der Waals surface area (Å²) in [6.07, 6.45) is 1.53. The van der Waals surface area contributed by atoms with Gasteiger partial charge in [0.05, 0.1) is 5.69 Å². The minimum Gasteiger partial charge on any atom is -0.397 e. The van der Waals surface area contributed by atoms with Gasteiger partial charge in [0.15, 0.2) is 0 Å². The monoisotopic (exact) mass is 248 g/mol. The van der Waals surface area contributed by atoms with Crippen LogP contribution >= 0.6 is 11.6 Å². The highest BCUT2D eigenvalue weighted by Crippen LogP contribution is 2.27. The molecule has 6 heteroatoms. The van der Waals surface area contributed by atoms with E-state index in [1.165, 1.54) is 6.07 Å². The van der Waals surface area contributed by atoms with Gasteiger partial charge in [-0.3, -0.25) is 0 Å². The van der Waals surface area contributed by atoms with E-state index in [2.05, 4.69) is 0 Å².